The number of fused-ring (bicyclic) bond motifs is 6. The number of aromatic nitrogens is 2. The van der Waals surface area contributed by atoms with Crippen molar-refractivity contribution in [3.63, 3.8) is 0 Å². The average molecular weight is 958 g/mol. The van der Waals surface area contributed by atoms with Crippen LogP contribution in [0.1, 0.15) is 137 Å². The number of carbonyl (C=O) groups is 2. The fourth-order valence-electron chi connectivity index (χ4n) is 8.56. The summed E-state index contributed by atoms with van der Waals surface area (Å²) in [4.78, 5) is 48.2. The maximum absolute atomic E-state index is 12.5. The fourth-order valence-corrected chi connectivity index (χ4v) is 8.56. The Morgan fingerprint density at radius 2 is 0.924 bits per heavy atom. The molecule has 2 aromatic heterocycles. The number of hydrogen-bond acceptors (Lipinski definition) is 10. The van der Waals surface area contributed by atoms with Crippen molar-refractivity contribution >= 4 is 36.8 Å². The largest absolute Gasteiger partial charge is 0.493 e. The molecule has 0 radical (unpaired) electrons. The van der Waals surface area contributed by atoms with E-state index < -0.39 is 22.8 Å². The number of halogens is 2. The monoisotopic (exact) mass is 956 g/mol. The van der Waals surface area contributed by atoms with Crippen molar-refractivity contribution in [2.45, 2.75) is 118 Å². The average Bonchev–Trinajstić information content (AvgIpc) is 3.23. The molecule has 2 aliphatic rings. The molecule has 0 saturated heterocycles. The summed E-state index contributed by atoms with van der Waals surface area (Å²) < 4.78 is 27.2. The predicted octanol–water partition coefficient (Wildman–Crippen LogP) is 9.37. The number of ether oxygens (including phenoxy) is 4. The van der Waals surface area contributed by atoms with Gasteiger partial charge in [-0.25, -0.2) is 9.59 Å². The van der Waals surface area contributed by atoms with Crippen LogP contribution >= 0.6 is 24.8 Å². The van der Waals surface area contributed by atoms with Crippen molar-refractivity contribution in [2.24, 2.45) is 22.3 Å². The van der Waals surface area contributed by atoms with Crippen LogP contribution in [0, 0.1) is 10.8 Å². The topological polar surface area (TPSA) is 208 Å². The SMILES string of the molecule is COc1cc2c(cc1OCCCCCCN)C[C@@H](C(C)(C)C)n1cc(C(=O)O)c(=O)cc1-2.COc1cc2c(cc1OCCCCCCN)C[C@H](C(C)(C)C)n1cc(C(=O)O)c(=O)cc1-2.Cl.Cl. The van der Waals surface area contributed by atoms with Gasteiger partial charge in [-0.15, -0.1) is 24.8 Å². The fraction of sp³-hybridized carbons (Fsp3) is 0.520. The van der Waals surface area contributed by atoms with Crippen molar-refractivity contribution in [1.82, 2.24) is 9.13 Å². The van der Waals surface area contributed by atoms with Crippen LogP contribution in [0.4, 0.5) is 0 Å². The highest BCUT2D eigenvalue weighted by molar-refractivity contribution is 5.88. The molecule has 2 aromatic carbocycles. The normalized spacial score (nSPS) is 14.6. The van der Waals surface area contributed by atoms with Gasteiger partial charge in [-0.2, -0.15) is 0 Å². The number of nitrogens with zero attached hydrogens (tertiary/aromatic N) is 2. The highest BCUT2D eigenvalue weighted by atomic mass is 35.5. The molecule has 4 heterocycles. The molecule has 0 spiro atoms. The second kappa shape index (κ2) is 24.1. The zero-order valence-corrected chi connectivity index (χ0v) is 41.3. The summed E-state index contributed by atoms with van der Waals surface area (Å²) in [6.45, 7) is 15.3. The van der Waals surface area contributed by atoms with Crippen LogP contribution in [0.25, 0.3) is 22.5 Å². The van der Waals surface area contributed by atoms with Crippen LogP contribution in [-0.4, -0.2) is 71.8 Å². The summed E-state index contributed by atoms with van der Waals surface area (Å²) >= 11 is 0. The molecule has 0 aliphatic carbocycles. The zero-order valence-electron chi connectivity index (χ0n) is 39.7. The molecule has 6 rings (SSSR count). The Kier molecular flexibility index (Phi) is 20.2. The van der Waals surface area contributed by atoms with Gasteiger partial charge in [0.15, 0.2) is 33.9 Å². The standard InChI is InChI=1S/2C25H34N2O5.2ClH/c2*1-25(2,3)23-12-16-11-22(32-10-8-6-5-7-9-26)21(31-4)13-17(16)19-14-20(28)18(24(29)30)15-27(19)23;;/h2*11,13-15,23H,5-10,12,26H2,1-4H3,(H,29,30);2*1H/t2*23-;;/m10../s1. The molecule has 66 heavy (non-hydrogen) atoms. The van der Waals surface area contributed by atoms with E-state index in [-0.39, 0.29) is 58.9 Å². The third kappa shape index (κ3) is 13.1. The third-order valence-corrected chi connectivity index (χ3v) is 12.2. The van der Waals surface area contributed by atoms with Crippen molar-refractivity contribution < 1.29 is 38.7 Å². The van der Waals surface area contributed by atoms with Crippen LogP contribution < -0.4 is 41.3 Å². The molecule has 2 atom stereocenters. The summed E-state index contributed by atoms with van der Waals surface area (Å²) in [5, 5.41) is 18.9. The van der Waals surface area contributed by atoms with E-state index in [0.717, 1.165) is 73.6 Å². The molecular weight excluding hydrogens is 887 g/mol. The van der Waals surface area contributed by atoms with Crippen molar-refractivity contribution in [3.05, 3.63) is 91.5 Å². The number of aromatic carboxylic acids is 2. The van der Waals surface area contributed by atoms with E-state index in [4.69, 9.17) is 30.4 Å². The van der Waals surface area contributed by atoms with Gasteiger partial charge in [0.25, 0.3) is 0 Å². The minimum absolute atomic E-state index is 0. The lowest BCUT2D eigenvalue weighted by Crippen LogP contribution is -2.32. The quantitative estimate of drug-likeness (QED) is 0.0688. The molecule has 4 aromatic rings. The van der Waals surface area contributed by atoms with Crippen LogP contribution in [0.15, 0.2) is 58.4 Å². The maximum Gasteiger partial charge on any atom is 0.341 e. The number of carboxylic acids is 2. The summed E-state index contributed by atoms with van der Waals surface area (Å²) in [5.41, 5.74) is 14.6. The summed E-state index contributed by atoms with van der Waals surface area (Å²) in [7, 11) is 3.19. The molecule has 2 aliphatic heterocycles. The summed E-state index contributed by atoms with van der Waals surface area (Å²) in [5.74, 6) is 0.155. The second-order valence-corrected chi connectivity index (χ2v) is 18.9. The van der Waals surface area contributed by atoms with Crippen molar-refractivity contribution in [1.29, 1.82) is 0 Å². The molecule has 0 unspecified atom stereocenters. The van der Waals surface area contributed by atoms with E-state index in [1.54, 1.807) is 14.2 Å². The molecule has 16 heteroatoms. The summed E-state index contributed by atoms with van der Waals surface area (Å²) in [6, 6.07) is 10.6. The van der Waals surface area contributed by atoms with Gasteiger partial charge in [-0.05, 0) is 97.8 Å². The van der Waals surface area contributed by atoms with E-state index in [0.29, 0.717) is 73.5 Å². The molecule has 0 bridgehead atoms. The molecule has 6 N–H and O–H groups in total. The van der Waals surface area contributed by atoms with Gasteiger partial charge in [-0.1, -0.05) is 67.2 Å². The number of hydrogen-bond donors (Lipinski definition) is 4. The van der Waals surface area contributed by atoms with Crippen LogP contribution in [0.3, 0.4) is 0 Å². The first kappa shape index (κ1) is 55.3. The first-order valence-electron chi connectivity index (χ1n) is 22.4. The van der Waals surface area contributed by atoms with E-state index >= 15 is 0 Å². The number of methoxy groups -OCH3 is 2. The Labute approximate surface area is 400 Å². The Morgan fingerprint density at radius 1 is 0.576 bits per heavy atom. The Morgan fingerprint density at radius 3 is 1.23 bits per heavy atom. The lowest BCUT2D eigenvalue weighted by molar-refractivity contribution is 0.0683. The van der Waals surface area contributed by atoms with E-state index in [2.05, 4.69) is 41.5 Å². The maximum atomic E-state index is 12.5. The number of nitrogens with two attached hydrogens (primary N) is 2. The Balaban J connectivity index is 0.000000340. The van der Waals surface area contributed by atoms with Gasteiger partial charge in [0.2, 0.25) is 0 Å². The molecule has 0 fully saturated rings. The second-order valence-electron chi connectivity index (χ2n) is 18.9. The number of pyridine rings is 2. The minimum Gasteiger partial charge on any atom is -0.493 e. The highest BCUT2D eigenvalue weighted by Gasteiger charge is 2.36. The van der Waals surface area contributed by atoms with E-state index in [1.807, 2.05) is 33.4 Å². The summed E-state index contributed by atoms with van der Waals surface area (Å²) in [6.07, 6.45) is 12.6. The lowest BCUT2D eigenvalue weighted by atomic mass is 9.78. The smallest absolute Gasteiger partial charge is 0.341 e. The zero-order chi connectivity index (χ0) is 46.9. The predicted molar refractivity (Wildman–Crippen MR) is 264 cm³/mol. The third-order valence-electron chi connectivity index (χ3n) is 12.2. The van der Waals surface area contributed by atoms with Gasteiger partial charge in [0, 0.05) is 47.7 Å². The molecule has 364 valence electrons. The number of carboxylic acid groups (broad SMARTS) is 2. The van der Waals surface area contributed by atoms with Crippen LogP contribution in [0.2, 0.25) is 0 Å². The number of rotatable bonds is 18. The van der Waals surface area contributed by atoms with Gasteiger partial charge in [0.05, 0.1) is 38.8 Å². The minimum atomic E-state index is -1.21. The van der Waals surface area contributed by atoms with Gasteiger partial charge in [-0.3, -0.25) is 9.59 Å². The first-order chi connectivity index (χ1) is 30.3. The van der Waals surface area contributed by atoms with Gasteiger partial charge < -0.3 is 49.8 Å². The number of unbranched alkanes of at least 4 members (excludes halogenated alkanes) is 6. The highest BCUT2D eigenvalue weighted by Crippen LogP contribution is 2.47. The molecule has 14 nitrogen and oxygen atoms in total. The van der Waals surface area contributed by atoms with E-state index in [1.165, 1.54) is 24.5 Å². The molecular formula is C50H70Cl2N4O10. The van der Waals surface area contributed by atoms with Crippen LogP contribution in [-0.2, 0) is 12.8 Å². The first-order valence-corrected chi connectivity index (χ1v) is 22.4. The molecule has 0 amide bonds. The lowest BCUT2D eigenvalue weighted by Gasteiger charge is -2.39. The van der Waals surface area contributed by atoms with Crippen LogP contribution in [0.5, 0.6) is 23.0 Å². The Hall–Kier alpha value is -5.02. The Bertz CT molecular complexity index is 2250. The van der Waals surface area contributed by atoms with E-state index in [9.17, 15) is 29.4 Å². The number of benzene rings is 2. The van der Waals surface area contributed by atoms with Gasteiger partial charge >= 0.3 is 11.9 Å². The van der Waals surface area contributed by atoms with Crippen molar-refractivity contribution in [2.75, 3.05) is 40.5 Å². The van der Waals surface area contributed by atoms with Gasteiger partial charge in [0.1, 0.15) is 11.1 Å². The van der Waals surface area contributed by atoms with Crippen molar-refractivity contribution in [3.8, 4) is 45.5 Å². The molecule has 0 saturated carbocycles.